The smallest absolute Gasteiger partial charge is 0.497 e. The van der Waals surface area contributed by atoms with Crippen LogP contribution in [0, 0.1) is 0 Å². The van der Waals surface area contributed by atoms with Crippen molar-refractivity contribution in [3.63, 3.8) is 0 Å². The lowest BCUT2D eigenvalue weighted by atomic mass is 9.77. The van der Waals surface area contributed by atoms with Crippen LogP contribution in [-0.2, 0) is 15.7 Å². The first-order chi connectivity index (χ1) is 12.3. The first kappa shape index (κ1) is 21.3. The van der Waals surface area contributed by atoms with Crippen LogP contribution < -0.4 is 10.2 Å². The van der Waals surface area contributed by atoms with Crippen molar-refractivity contribution in [2.45, 2.75) is 97.2 Å². The van der Waals surface area contributed by atoms with E-state index in [-0.39, 0.29) is 18.3 Å². The number of unbranched alkanes of at least 4 members (excludes halogenated alkanes) is 6. The van der Waals surface area contributed by atoms with Gasteiger partial charge in [0, 0.05) is 5.46 Å². The Morgan fingerprint density at radius 1 is 0.885 bits per heavy atom. The SMILES string of the molecule is CCCCCCCCCc1ccc(B2OC(C)(C)C(C)(C)O2)c(OC)c1. The molecule has 0 N–H and O–H groups in total. The Bertz CT molecular complexity index is 553. The third kappa shape index (κ3) is 5.26. The van der Waals surface area contributed by atoms with Crippen LogP contribution >= 0.6 is 0 Å². The molecule has 1 fully saturated rings. The molecule has 0 bridgehead atoms. The maximum Gasteiger partial charge on any atom is 0.498 e. The van der Waals surface area contributed by atoms with Crippen molar-refractivity contribution in [1.29, 1.82) is 0 Å². The molecule has 0 aromatic heterocycles. The number of ether oxygens (including phenoxy) is 1. The van der Waals surface area contributed by atoms with Gasteiger partial charge in [0.25, 0.3) is 0 Å². The molecular weight excluding hydrogens is 323 g/mol. The molecule has 0 radical (unpaired) electrons. The third-order valence-corrected chi connectivity index (χ3v) is 5.87. The van der Waals surface area contributed by atoms with Crippen molar-refractivity contribution >= 4 is 12.6 Å². The van der Waals surface area contributed by atoms with Gasteiger partial charge >= 0.3 is 7.12 Å². The zero-order valence-corrected chi connectivity index (χ0v) is 17.7. The normalized spacial score (nSPS) is 18.3. The summed E-state index contributed by atoms with van der Waals surface area (Å²) in [6.45, 7) is 10.6. The number of benzene rings is 1. The molecule has 26 heavy (non-hydrogen) atoms. The van der Waals surface area contributed by atoms with E-state index in [9.17, 15) is 0 Å². The van der Waals surface area contributed by atoms with Crippen LogP contribution in [0.3, 0.4) is 0 Å². The van der Waals surface area contributed by atoms with E-state index in [1.807, 2.05) is 0 Å². The predicted molar refractivity (Wildman–Crippen MR) is 110 cm³/mol. The Balaban J connectivity index is 1.92. The van der Waals surface area contributed by atoms with E-state index in [0.717, 1.165) is 17.6 Å². The highest BCUT2D eigenvalue weighted by molar-refractivity contribution is 6.63. The van der Waals surface area contributed by atoms with Gasteiger partial charge < -0.3 is 14.0 Å². The fraction of sp³-hybridized carbons (Fsp3) is 0.727. The summed E-state index contributed by atoms with van der Waals surface area (Å²) in [5.74, 6) is 0.865. The largest absolute Gasteiger partial charge is 0.498 e. The van der Waals surface area contributed by atoms with Crippen LogP contribution in [0.25, 0.3) is 0 Å². The third-order valence-electron chi connectivity index (χ3n) is 5.87. The number of hydrogen-bond donors (Lipinski definition) is 0. The van der Waals surface area contributed by atoms with E-state index in [1.54, 1.807) is 7.11 Å². The maximum atomic E-state index is 6.18. The minimum Gasteiger partial charge on any atom is -0.497 e. The Morgan fingerprint density at radius 3 is 2.04 bits per heavy atom. The first-order valence-corrected chi connectivity index (χ1v) is 10.3. The second kappa shape index (κ2) is 9.28. The second-order valence-electron chi connectivity index (χ2n) is 8.54. The lowest BCUT2D eigenvalue weighted by Gasteiger charge is -2.32. The highest BCUT2D eigenvalue weighted by atomic mass is 16.7. The van der Waals surface area contributed by atoms with E-state index in [2.05, 4.69) is 52.8 Å². The second-order valence-corrected chi connectivity index (χ2v) is 8.54. The van der Waals surface area contributed by atoms with Crippen molar-refractivity contribution in [1.82, 2.24) is 0 Å². The summed E-state index contributed by atoms with van der Waals surface area (Å²) < 4.78 is 18.0. The van der Waals surface area contributed by atoms with E-state index in [4.69, 9.17) is 14.0 Å². The van der Waals surface area contributed by atoms with E-state index in [1.165, 1.54) is 50.5 Å². The molecule has 1 aromatic carbocycles. The Hall–Kier alpha value is -0.995. The summed E-state index contributed by atoms with van der Waals surface area (Å²) in [5.41, 5.74) is 1.64. The molecule has 4 heteroatoms. The molecule has 1 aromatic rings. The lowest BCUT2D eigenvalue weighted by Crippen LogP contribution is -2.41. The average molecular weight is 360 g/mol. The topological polar surface area (TPSA) is 27.7 Å². The van der Waals surface area contributed by atoms with Crippen molar-refractivity contribution in [3.05, 3.63) is 23.8 Å². The van der Waals surface area contributed by atoms with Gasteiger partial charge in [0.05, 0.1) is 18.3 Å². The van der Waals surface area contributed by atoms with Crippen LogP contribution in [0.4, 0.5) is 0 Å². The average Bonchev–Trinajstić information content (AvgIpc) is 2.81. The lowest BCUT2D eigenvalue weighted by molar-refractivity contribution is 0.00578. The highest BCUT2D eigenvalue weighted by Crippen LogP contribution is 2.37. The van der Waals surface area contributed by atoms with Gasteiger partial charge in [-0.3, -0.25) is 0 Å². The maximum absolute atomic E-state index is 6.18. The Labute approximate surface area is 160 Å². The number of hydrogen-bond acceptors (Lipinski definition) is 3. The summed E-state index contributed by atoms with van der Waals surface area (Å²) in [5, 5.41) is 0. The van der Waals surface area contributed by atoms with Crippen LogP contribution in [0.15, 0.2) is 18.2 Å². The standard InChI is InChI=1S/C22H37BO3/c1-7-8-9-10-11-12-13-14-18-15-16-19(20(17-18)24-6)23-25-21(2,3)22(4,5)26-23/h15-17H,7-14H2,1-6H3. The van der Waals surface area contributed by atoms with Gasteiger partial charge in [0.1, 0.15) is 5.75 Å². The van der Waals surface area contributed by atoms with Gasteiger partial charge in [-0.1, -0.05) is 57.6 Å². The quantitative estimate of drug-likeness (QED) is 0.419. The van der Waals surface area contributed by atoms with Crippen molar-refractivity contribution in [2.75, 3.05) is 7.11 Å². The fourth-order valence-corrected chi connectivity index (χ4v) is 3.36. The fourth-order valence-electron chi connectivity index (χ4n) is 3.36. The molecule has 146 valence electrons. The van der Waals surface area contributed by atoms with Crippen LogP contribution in [0.2, 0.25) is 0 Å². The number of aryl methyl sites for hydroxylation is 1. The van der Waals surface area contributed by atoms with Gasteiger partial charge in [-0.15, -0.1) is 0 Å². The van der Waals surface area contributed by atoms with Gasteiger partial charge in [-0.2, -0.15) is 0 Å². The highest BCUT2D eigenvalue weighted by Gasteiger charge is 2.52. The van der Waals surface area contributed by atoms with Crippen molar-refractivity contribution in [2.24, 2.45) is 0 Å². The summed E-state index contributed by atoms with van der Waals surface area (Å²) in [6.07, 6.45) is 10.4. The number of methoxy groups -OCH3 is 1. The van der Waals surface area contributed by atoms with Crippen molar-refractivity contribution in [3.8, 4) is 5.75 Å². The number of rotatable bonds is 10. The molecule has 0 spiro atoms. The molecule has 0 atom stereocenters. The minimum absolute atomic E-state index is 0.334. The molecule has 3 nitrogen and oxygen atoms in total. The van der Waals surface area contributed by atoms with Gasteiger partial charge in [0.15, 0.2) is 0 Å². The molecule has 0 unspecified atom stereocenters. The minimum atomic E-state index is -0.373. The molecule has 1 aliphatic rings. The van der Waals surface area contributed by atoms with E-state index < -0.39 is 0 Å². The van der Waals surface area contributed by atoms with Gasteiger partial charge in [-0.25, -0.2) is 0 Å². The Kier molecular flexibility index (Phi) is 7.60. The molecule has 1 heterocycles. The summed E-state index contributed by atoms with van der Waals surface area (Å²) in [7, 11) is 1.35. The van der Waals surface area contributed by atoms with Gasteiger partial charge in [0.2, 0.25) is 0 Å². The summed E-state index contributed by atoms with van der Waals surface area (Å²) in [6, 6.07) is 6.45. The molecule has 0 amide bonds. The van der Waals surface area contributed by atoms with Crippen LogP contribution in [-0.4, -0.2) is 25.4 Å². The van der Waals surface area contributed by atoms with Crippen molar-refractivity contribution < 1.29 is 14.0 Å². The van der Waals surface area contributed by atoms with E-state index in [0.29, 0.717) is 0 Å². The summed E-state index contributed by atoms with van der Waals surface area (Å²) in [4.78, 5) is 0. The predicted octanol–water partition coefficient (Wildman–Crippen LogP) is 5.29. The monoisotopic (exact) mass is 360 g/mol. The molecule has 1 saturated heterocycles. The first-order valence-electron chi connectivity index (χ1n) is 10.3. The zero-order valence-electron chi connectivity index (χ0n) is 17.7. The molecule has 1 aliphatic heterocycles. The molecular formula is C22H37BO3. The molecule has 2 rings (SSSR count). The zero-order chi connectivity index (χ0) is 19.2. The van der Waals surface area contributed by atoms with Gasteiger partial charge in [-0.05, 0) is 52.2 Å². The Morgan fingerprint density at radius 2 is 1.46 bits per heavy atom. The van der Waals surface area contributed by atoms with Crippen LogP contribution in [0.1, 0.15) is 85.1 Å². The summed E-state index contributed by atoms with van der Waals surface area (Å²) >= 11 is 0. The molecule has 0 aliphatic carbocycles. The van der Waals surface area contributed by atoms with E-state index >= 15 is 0 Å². The van der Waals surface area contributed by atoms with Crippen LogP contribution in [0.5, 0.6) is 5.75 Å². The molecule has 0 saturated carbocycles.